The first-order chi connectivity index (χ1) is 11.4. The molecular weight excluding hydrogens is 367 g/mol. The molecule has 0 amide bonds. The third kappa shape index (κ3) is 4.59. The molecule has 0 aliphatic carbocycles. The van der Waals surface area contributed by atoms with Crippen molar-refractivity contribution in [3.8, 4) is 0 Å². The number of anilines is 1. The molecule has 0 aliphatic heterocycles. The standard InChI is InChI=1S/C18H23AsN2O3/c1-12-5-6-16(15(9-12)18(22)23)19-14-10-13(2)17(20-11-14)21(3)7-8-24-4/h5-6,9-11,19H,7-8H2,1-4H3,(H,22,23). The summed E-state index contributed by atoms with van der Waals surface area (Å²) in [6.07, 6.45) is 1.87. The van der Waals surface area contributed by atoms with E-state index in [0.29, 0.717) is 12.2 Å². The molecule has 0 aliphatic rings. The molecule has 2 rings (SSSR count). The number of rotatable bonds is 7. The van der Waals surface area contributed by atoms with E-state index in [-0.39, 0.29) is 0 Å². The second kappa shape index (κ2) is 8.31. The van der Waals surface area contributed by atoms with Crippen LogP contribution in [0, 0.1) is 13.8 Å². The molecule has 0 saturated carbocycles. The van der Waals surface area contributed by atoms with E-state index in [1.807, 2.05) is 39.2 Å². The maximum absolute atomic E-state index is 11.5. The van der Waals surface area contributed by atoms with Gasteiger partial charge in [-0.1, -0.05) is 0 Å². The molecule has 128 valence electrons. The second-order valence-corrected chi connectivity index (χ2v) is 8.62. The molecule has 1 heterocycles. The number of benzene rings is 1. The molecule has 0 radical (unpaired) electrons. The number of carboxylic acid groups (broad SMARTS) is 1. The van der Waals surface area contributed by atoms with Crippen molar-refractivity contribution in [1.82, 2.24) is 4.98 Å². The Balaban J connectivity index is 2.23. The average Bonchev–Trinajstić information content (AvgIpc) is 2.54. The number of carbonyl (C=O) groups is 1. The molecule has 0 spiro atoms. The zero-order valence-corrected chi connectivity index (χ0v) is 16.6. The summed E-state index contributed by atoms with van der Waals surface area (Å²) in [5.41, 5.74) is 2.47. The van der Waals surface area contributed by atoms with Gasteiger partial charge in [-0.2, -0.15) is 0 Å². The third-order valence-electron chi connectivity index (χ3n) is 3.73. The molecule has 1 aromatic carbocycles. The van der Waals surface area contributed by atoms with Gasteiger partial charge in [0.05, 0.1) is 0 Å². The summed E-state index contributed by atoms with van der Waals surface area (Å²) >= 11 is -0.742. The van der Waals surface area contributed by atoms with E-state index < -0.39 is 21.7 Å². The minimum absolute atomic E-state index is 0.411. The molecular formula is C18H23AsN2O3. The van der Waals surface area contributed by atoms with Gasteiger partial charge >= 0.3 is 149 Å². The summed E-state index contributed by atoms with van der Waals surface area (Å²) in [7, 11) is 3.68. The van der Waals surface area contributed by atoms with E-state index in [2.05, 4.69) is 16.0 Å². The SMILES string of the molecule is COCCN(C)c1ncc([AsH]c2ccc(C)cc2C(=O)O)cc1C. The van der Waals surface area contributed by atoms with Gasteiger partial charge in [0.25, 0.3) is 0 Å². The number of hydrogen-bond donors (Lipinski definition) is 1. The van der Waals surface area contributed by atoms with Crippen molar-refractivity contribution < 1.29 is 14.6 Å². The van der Waals surface area contributed by atoms with Crippen molar-refractivity contribution in [3.63, 3.8) is 0 Å². The average molecular weight is 390 g/mol. The first-order valence-corrected chi connectivity index (χ1v) is 9.80. The number of pyridine rings is 1. The number of methoxy groups -OCH3 is 1. The van der Waals surface area contributed by atoms with E-state index in [9.17, 15) is 9.90 Å². The fraction of sp³-hybridized carbons (Fsp3) is 0.333. The molecule has 6 heteroatoms. The molecule has 24 heavy (non-hydrogen) atoms. The number of aromatic carboxylic acids is 1. The van der Waals surface area contributed by atoms with Gasteiger partial charge < -0.3 is 0 Å². The van der Waals surface area contributed by atoms with Gasteiger partial charge in [-0.3, -0.25) is 0 Å². The maximum atomic E-state index is 11.5. The summed E-state index contributed by atoms with van der Waals surface area (Å²) < 4.78 is 7.16. The number of carboxylic acids is 1. The van der Waals surface area contributed by atoms with Gasteiger partial charge in [-0.15, -0.1) is 0 Å². The van der Waals surface area contributed by atoms with Crippen LogP contribution in [0.25, 0.3) is 0 Å². The molecule has 0 saturated heterocycles. The normalized spacial score (nSPS) is 11.2. The van der Waals surface area contributed by atoms with Crippen LogP contribution in [0.4, 0.5) is 5.82 Å². The number of nitrogens with zero attached hydrogens (tertiary/aromatic N) is 2. The Kier molecular flexibility index (Phi) is 6.41. The molecule has 0 fully saturated rings. The fourth-order valence-corrected chi connectivity index (χ4v) is 5.01. The Labute approximate surface area is 149 Å². The van der Waals surface area contributed by atoms with Crippen LogP contribution in [-0.2, 0) is 4.74 Å². The van der Waals surface area contributed by atoms with Gasteiger partial charge in [0.2, 0.25) is 0 Å². The monoisotopic (exact) mass is 390 g/mol. The van der Waals surface area contributed by atoms with Crippen molar-refractivity contribution in [1.29, 1.82) is 0 Å². The Morgan fingerprint density at radius 3 is 2.71 bits per heavy atom. The summed E-state index contributed by atoms with van der Waals surface area (Å²) in [6.45, 7) is 5.38. The Morgan fingerprint density at radius 1 is 1.33 bits per heavy atom. The number of ether oxygens (including phenoxy) is 1. The van der Waals surface area contributed by atoms with Crippen LogP contribution in [0.2, 0.25) is 0 Å². The van der Waals surface area contributed by atoms with E-state index in [0.717, 1.165) is 32.2 Å². The quantitative estimate of drug-likeness (QED) is 0.711. The molecule has 0 bridgehead atoms. The zero-order valence-electron chi connectivity index (χ0n) is 14.5. The second-order valence-electron chi connectivity index (χ2n) is 5.76. The number of aromatic nitrogens is 1. The van der Waals surface area contributed by atoms with E-state index in [1.54, 1.807) is 13.2 Å². The molecule has 1 aromatic heterocycles. The van der Waals surface area contributed by atoms with E-state index in [4.69, 9.17) is 4.74 Å². The molecule has 1 unspecified atom stereocenters. The topological polar surface area (TPSA) is 62.7 Å². The van der Waals surface area contributed by atoms with E-state index in [1.165, 1.54) is 0 Å². The summed E-state index contributed by atoms with van der Waals surface area (Å²) in [4.78, 5) is 18.1. The Bertz CT molecular complexity index is 734. The Hall–Kier alpha value is -1.84. The van der Waals surface area contributed by atoms with Crippen molar-refractivity contribution in [2.45, 2.75) is 13.8 Å². The summed E-state index contributed by atoms with van der Waals surface area (Å²) in [5, 5.41) is 9.41. The predicted molar refractivity (Wildman–Crippen MR) is 98.7 cm³/mol. The predicted octanol–water partition coefficient (Wildman–Crippen LogP) is 0.867. The summed E-state index contributed by atoms with van der Waals surface area (Å²) in [5.74, 6) is 0.0721. The van der Waals surface area contributed by atoms with Gasteiger partial charge in [0.1, 0.15) is 0 Å². The first kappa shape index (κ1) is 18.5. The van der Waals surface area contributed by atoms with E-state index >= 15 is 0 Å². The molecule has 5 nitrogen and oxygen atoms in total. The first-order valence-electron chi connectivity index (χ1n) is 7.70. The van der Waals surface area contributed by atoms with Gasteiger partial charge in [0.15, 0.2) is 0 Å². The number of hydrogen-bond acceptors (Lipinski definition) is 4. The number of likely N-dealkylation sites (N-methyl/N-ethyl adjacent to an activating group) is 1. The van der Waals surface area contributed by atoms with Crippen LogP contribution in [0.5, 0.6) is 0 Å². The van der Waals surface area contributed by atoms with Crippen LogP contribution < -0.4 is 13.6 Å². The molecule has 1 atom stereocenters. The van der Waals surface area contributed by atoms with Crippen LogP contribution in [0.3, 0.4) is 0 Å². The van der Waals surface area contributed by atoms with Crippen LogP contribution in [-0.4, -0.2) is 59.1 Å². The van der Waals surface area contributed by atoms with Gasteiger partial charge in [-0.05, 0) is 0 Å². The fourth-order valence-electron chi connectivity index (χ4n) is 2.47. The van der Waals surface area contributed by atoms with Crippen molar-refractivity contribution >= 4 is 36.2 Å². The summed E-state index contributed by atoms with van der Waals surface area (Å²) in [6, 6.07) is 7.77. The van der Waals surface area contributed by atoms with Crippen molar-refractivity contribution in [2.75, 3.05) is 32.2 Å². The zero-order chi connectivity index (χ0) is 17.7. The van der Waals surface area contributed by atoms with Crippen LogP contribution in [0.1, 0.15) is 21.5 Å². The van der Waals surface area contributed by atoms with Crippen LogP contribution in [0.15, 0.2) is 30.5 Å². The van der Waals surface area contributed by atoms with Crippen molar-refractivity contribution in [3.05, 3.63) is 47.2 Å². The van der Waals surface area contributed by atoms with Crippen molar-refractivity contribution in [2.24, 2.45) is 0 Å². The third-order valence-corrected chi connectivity index (χ3v) is 6.39. The molecule has 1 N–H and O–H groups in total. The van der Waals surface area contributed by atoms with Crippen LogP contribution >= 0.6 is 0 Å². The van der Waals surface area contributed by atoms with Gasteiger partial charge in [0, 0.05) is 0 Å². The minimum atomic E-state index is -0.863. The molecule has 2 aromatic rings. The number of aryl methyl sites for hydroxylation is 2. The Morgan fingerprint density at radius 2 is 2.08 bits per heavy atom. The van der Waals surface area contributed by atoms with Gasteiger partial charge in [-0.25, -0.2) is 0 Å².